The van der Waals surface area contributed by atoms with Crippen molar-refractivity contribution in [2.75, 3.05) is 6.54 Å². The fourth-order valence-electron chi connectivity index (χ4n) is 2.04. The average molecular weight is 279 g/mol. The van der Waals surface area contributed by atoms with Crippen molar-refractivity contribution in [2.24, 2.45) is 5.92 Å². The van der Waals surface area contributed by atoms with Gasteiger partial charge in [0.15, 0.2) is 0 Å². The minimum absolute atomic E-state index is 0.271. The second-order valence-corrected chi connectivity index (χ2v) is 5.89. The predicted octanol–water partition coefficient (Wildman–Crippen LogP) is 2.28. The molecule has 0 saturated carbocycles. The smallest absolute Gasteiger partial charge is 0.138 e. The summed E-state index contributed by atoms with van der Waals surface area (Å²) in [5.41, 5.74) is 1.87. The third-order valence-corrected chi connectivity index (χ3v) is 3.76. The number of hydrogen-bond donors (Lipinski definition) is 1. The van der Waals surface area contributed by atoms with Crippen molar-refractivity contribution in [3.8, 4) is 0 Å². The number of aromatic nitrogens is 4. The maximum atomic E-state index is 4.40. The van der Waals surface area contributed by atoms with Gasteiger partial charge in [-0.15, -0.1) is 11.3 Å². The molecule has 0 radical (unpaired) electrons. The summed E-state index contributed by atoms with van der Waals surface area (Å²) in [6.45, 7) is 8.34. The number of nitrogens with one attached hydrogen (secondary N) is 1. The van der Waals surface area contributed by atoms with Crippen LogP contribution in [-0.4, -0.2) is 26.3 Å². The van der Waals surface area contributed by atoms with Crippen molar-refractivity contribution in [3.63, 3.8) is 0 Å². The van der Waals surface area contributed by atoms with Crippen molar-refractivity contribution >= 4 is 11.3 Å². The summed E-state index contributed by atoms with van der Waals surface area (Å²) in [4.78, 5) is 9.81. The molecule has 0 aromatic carbocycles. The third kappa shape index (κ3) is 3.84. The number of rotatable bonds is 7. The van der Waals surface area contributed by atoms with Crippen molar-refractivity contribution in [1.29, 1.82) is 0 Å². The van der Waals surface area contributed by atoms with E-state index in [1.165, 1.54) is 4.88 Å². The topological polar surface area (TPSA) is 55.6 Å². The first-order chi connectivity index (χ1) is 9.20. The normalized spacial score (nSPS) is 13.1. The van der Waals surface area contributed by atoms with E-state index in [4.69, 9.17) is 0 Å². The van der Waals surface area contributed by atoms with Gasteiger partial charge in [-0.2, -0.15) is 5.10 Å². The molecule has 104 valence electrons. The molecule has 2 rings (SSSR count). The third-order valence-electron chi connectivity index (χ3n) is 2.87. The highest BCUT2D eigenvalue weighted by Gasteiger charge is 2.16. The van der Waals surface area contributed by atoms with Gasteiger partial charge in [-0.25, -0.2) is 9.67 Å². The molecule has 19 heavy (non-hydrogen) atoms. The predicted molar refractivity (Wildman–Crippen MR) is 77.1 cm³/mol. The molecule has 0 saturated heterocycles. The summed E-state index contributed by atoms with van der Waals surface area (Å²) in [5.74, 6) is 1.61. The molecule has 0 aliphatic heterocycles. The van der Waals surface area contributed by atoms with E-state index in [9.17, 15) is 0 Å². The molecule has 1 N–H and O–H groups in total. The first kappa shape index (κ1) is 14.1. The average Bonchev–Trinajstić information content (AvgIpc) is 3.00. The fraction of sp³-hybridized carbons (Fsp3) is 0.615. The molecule has 2 heterocycles. The quantitative estimate of drug-likeness (QED) is 0.845. The first-order valence-electron chi connectivity index (χ1n) is 6.69. The van der Waals surface area contributed by atoms with Crippen LogP contribution in [0.2, 0.25) is 0 Å². The fourth-order valence-corrected chi connectivity index (χ4v) is 2.74. The molecule has 6 heteroatoms. The zero-order chi connectivity index (χ0) is 13.7. The van der Waals surface area contributed by atoms with Crippen LogP contribution in [0.1, 0.15) is 37.5 Å². The van der Waals surface area contributed by atoms with Gasteiger partial charge >= 0.3 is 0 Å². The summed E-state index contributed by atoms with van der Waals surface area (Å²) in [6, 6.07) is 0.271. The van der Waals surface area contributed by atoms with Gasteiger partial charge in [0.1, 0.15) is 12.2 Å². The van der Waals surface area contributed by atoms with Crippen LogP contribution in [0.15, 0.2) is 18.0 Å². The minimum Gasteiger partial charge on any atom is -0.309 e. The Hall–Kier alpha value is -1.27. The second kappa shape index (κ2) is 6.77. The molecule has 2 aromatic heterocycles. The van der Waals surface area contributed by atoms with Crippen LogP contribution in [0, 0.1) is 5.92 Å². The van der Waals surface area contributed by atoms with Crippen molar-refractivity contribution in [1.82, 2.24) is 25.1 Å². The van der Waals surface area contributed by atoms with Crippen LogP contribution in [0.3, 0.4) is 0 Å². The zero-order valence-corrected chi connectivity index (χ0v) is 12.5. The molecule has 0 bridgehead atoms. The lowest BCUT2D eigenvalue weighted by Crippen LogP contribution is -2.24. The molecule has 1 atom stereocenters. The Bertz CT molecular complexity index is 477. The van der Waals surface area contributed by atoms with E-state index in [1.807, 2.05) is 16.4 Å². The molecule has 0 spiro atoms. The Morgan fingerprint density at radius 3 is 2.89 bits per heavy atom. The van der Waals surface area contributed by atoms with Gasteiger partial charge in [0.25, 0.3) is 0 Å². The van der Waals surface area contributed by atoms with Crippen molar-refractivity contribution < 1.29 is 0 Å². The van der Waals surface area contributed by atoms with E-state index in [-0.39, 0.29) is 6.04 Å². The summed E-state index contributed by atoms with van der Waals surface area (Å²) in [6.07, 6.45) is 4.43. The molecule has 0 fully saturated rings. The van der Waals surface area contributed by atoms with Gasteiger partial charge in [0, 0.05) is 24.0 Å². The highest BCUT2D eigenvalue weighted by molar-refractivity contribution is 7.09. The van der Waals surface area contributed by atoms with Gasteiger partial charge in [0.2, 0.25) is 0 Å². The standard InChI is InChI=1S/C13H21N5S/c1-4-15-11(12-6-14-9-19-12)5-13-16-8-17-18(13)7-10(2)3/h6,8-11,15H,4-5,7H2,1-3H3. The van der Waals surface area contributed by atoms with Gasteiger partial charge in [-0.3, -0.25) is 4.98 Å². The summed E-state index contributed by atoms with van der Waals surface area (Å²) in [7, 11) is 0. The lowest BCUT2D eigenvalue weighted by Gasteiger charge is -2.16. The van der Waals surface area contributed by atoms with E-state index in [1.54, 1.807) is 17.7 Å². The zero-order valence-electron chi connectivity index (χ0n) is 11.7. The number of thiazole rings is 1. The number of likely N-dealkylation sites (N-methyl/N-ethyl adjacent to an activating group) is 1. The maximum absolute atomic E-state index is 4.40. The van der Waals surface area contributed by atoms with Crippen LogP contribution >= 0.6 is 11.3 Å². The maximum Gasteiger partial charge on any atom is 0.138 e. The van der Waals surface area contributed by atoms with E-state index in [0.717, 1.165) is 25.3 Å². The van der Waals surface area contributed by atoms with Gasteiger partial charge in [0.05, 0.1) is 11.6 Å². The van der Waals surface area contributed by atoms with Crippen LogP contribution in [0.4, 0.5) is 0 Å². The second-order valence-electron chi connectivity index (χ2n) is 4.97. The monoisotopic (exact) mass is 279 g/mol. The highest BCUT2D eigenvalue weighted by Crippen LogP contribution is 2.21. The van der Waals surface area contributed by atoms with E-state index in [0.29, 0.717) is 5.92 Å². The Kier molecular flexibility index (Phi) is 5.04. The summed E-state index contributed by atoms with van der Waals surface area (Å²) >= 11 is 1.68. The highest BCUT2D eigenvalue weighted by atomic mass is 32.1. The summed E-state index contributed by atoms with van der Waals surface area (Å²) < 4.78 is 2.01. The lowest BCUT2D eigenvalue weighted by molar-refractivity contribution is 0.448. The van der Waals surface area contributed by atoms with Crippen LogP contribution < -0.4 is 5.32 Å². The Morgan fingerprint density at radius 2 is 2.26 bits per heavy atom. The SMILES string of the molecule is CCNC(Cc1ncnn1CC(C)C)c1cncs1. The Morgan fingerprint density at radius 1 is 1.42 bits per heavy atom. The van der Waals surface area contributed by atoms with E-state index in [2.05, 4.69) is 41.2 Å². The van der Waals surface area contributed by atoms with Gasteiger partial charge < -0.3 is 5.32 Å². The van der Waals surface area contributed by atoms with E-state index < -0.39 is 0 Å². The molecular weight excluding hydrogens is 258 g/mol. The Balaban J connectivity index is 2.11. The van der Waals surface area contributed by atoms with Crippen molar-refractivity contribution in [3.05, 3.63) is 28.7 Å². The minimum atomic E-state index is 0.271. The van der Waals surface area contributed by atoms with Crippen LogP contribution in [0.5, 0.6) is 0 Å². The largest absolute Gasteiger partial charge is 0.309 e. The summed E-state index contributed by atoms with van der Waals surface area (Å²) in [5, 5.41) is 7.81. The number of hydrogen-bond acceptors (Lipinski definition) is 5. The molecule has 1 unspecified atom stereocenters. The number of nitrogens with zero attached hydrogens (tertiary/aromatic N) is 4. The van der Waals surface area contributed by atoms with Crippen LogP contribution in [-0.2, 0) is 13.0 Å². The molecule has 0 amide bonds. The molecular formula is C13H21N5S. The van der Waals surface area contributed by atoms with Gasteiger partial charge in [-0.1, -0.05) is 20.8 Å². The lowest BCUT2D eigenvalue weighted by atomic mass is 10.1. The molecule has 2 aromatic rings. The molecule has 5 nitrogen and oxygen atoms in total. The van der Waals surface area contributed by atoms with E-state index >= 15 is 0 Å². The Labute approximate surface area is 118 Å². The van der Waals surface area contributed by atoms with Crippen LogP contribution in [0.25, 0.3) is 0 Å². The molecule has 0 aliphatic rings. The first-order valence-corrected chi connectivity index (χ1v) is 7.57. The van der Waals surface area contributed by atoms with Gasteiger partial charge in [-0.05, 0) is 12.5 Å². The molecule has 0 aliphatic carbocycles. The van der Waals surface area contributed by atoms with Crippen molar-refractivity contribution in [2.45, 2.75) is 39.8 Å².